The molecule has 0 amide bonds. The summed E-state index contributed by atoms with van der Waals surface area (Å²) in [6, 6.07) is 8.31. The Bertz CT molecular complexity index is 674. The van der Waals surface area contributed by atoms with Gasteiger partial charge in [0.15, 0.2) is 20.4 Å². The molecule has 1 atom stereocenters. The molecule has 0 heterocycles. The van der Waals surface area contributed by atoms with Crippen LogP contribution >= 0.6 is 0 Å². The second-order valence-corrected chi connectivity index (χ2v) is 8.48. The Kier molecular flexibility index (Phi) is 5.79. The average molecular weight is 334 g/mol. The van der Waals surface area contributed by atoms with Crippen LogP contribution in [0.1, 0.15) is 58.8 Å². The zero-order valence-electron chi connectivity index (χ0n) is 14.0. The van der Waals surface area contributed by atoms with E-state index in [0.717, 1.165) is 24.8 Å². The van der Waals surface area contributed by atoms with Gasteiger partial charge in [0.05, 0.1) is 4.90 Å². The number of Topliss-reactive ketones (excluding diaryl/α,β-unsaturated/α-hetero) is 1. The number of ketones is 1. The molecule has 126 valence electrons. The number of hydrogen-bond acceptors (Lipinski definition) is 3. The Morgan fingerprint density at radius 3 is 2.39 bits per heavy atom. The van der Waals surface area contributed by atoms with Gasteiger partial charge in [0.25, 0.3) is 0 Å². The Hall–Kier alpha value is -1.42. The Balaban J connectivity index is 2.10. The minimum absolute atomic E-state index is 0.238. The van der Waals surface area contributed by atoms with Gasteiger partial charge < -0.3 is 0 Å². The fraction of sp³-hybridized carbons (Fsp3) is 0.526. The first-order chi connectivity index (χ1) is 11.0. The van der Waals surface area contributed by atoms with Crippen molar-refractivity contribution in [1.82, 2.24) is 0 Å². The summed E-state index contributed by atoms with van der Waals surface area (Å²) < 4.78 is 24.5. The molecule has 0 N–H and O–H groups in total. The quantitative estimate of drug-likeness (QED) is 0.494. The molecular weight excluding hydrogens is 308 g/mol. The second kappa shape index (κ2) is 7.43. The van der Waals surface area contributed by atoms with Crippen molar-refractivity contribution >= 4 is 15.6 Å². The fourth-order valence-corrected chi connectivity index (χ4v) is 5.16. The average Bonchev–Trinajstić information content (AvgIpc) is 3.28. The molecule has 4 heteroatoms. The van der Waals surface area contributed by atoms with Crippen LogP contribution in [0.4, 0.5) is 0 Å². The largest absolute Gasteiger partial charge is 0.298 e. The maximum absolute atomic E-state index is 12.9. The topological polar surface area (TPSA) is 51.2 Å². The fourth-order valence-electron chi connectivity index (χ4n) is 3.09. The number of benzene rings is 1. The summed E-state index contributed by atoms with van der Waals surface area (Å²) in [7, 11) is -3.64. The molecule has 1 aromatic rings. The van der Waals surface area contributed by atoms with Crippen LogP contribution in [0, 0.1) is 0 Å². The molecule has 0 aromatic heterocycles. The number of sulfone groups is 1. The molecule has 0 radical (unpaired) electrons. The van der Waals surface area contributed by atoms with Gasteiger partial charge >= 0.3 is 0 Å². The van der Waals surface area contributed by atoms with Crippen molar-refractivity contribution in [3.05, 3.63) is 42.0 Å². The third kappa shape index (κ3) is 3.57. The van der Waals surface area contributed by atoms with Crippen molar-refractivity contribution in [2.24, 2.45) is 0 Å². The highest BCUT2D eigenvalue weighted by Crippen LogP contribution is 2.53. The summed E-state index contributed by atoms with van der Waals surface area (Å²) in [6.07, 6.45) is 9.10. The van der Waals surface area contributed by atoms with Gasteiger partial charge in [-0.3, -0.25) is 4.79 Å². The van der Waals surface area contributed by atoms with E-state index in [9.17, 15) is 13.2 Å². The number of carbonyl (C=O) groups excluding carboxylic acids is 1. The predicted octanol–water partition coefficient (Wildman–Crippen LogP) is 4.48. The molecule has 0 spiro atoms. The van der Waals surface area contributed by atoms with Crippen molar-refractivity contribution in [3.63, 3.8) is 0 Å². The van der Waals surface area contributed by atoms with Gasteiger partial charge in [-0.25, -0.2) is 8.42 Å². The molecule has 0 saturated heterocycles. The number of unbranched alkanes of at least 4 members (excludes halogenated alkanes) is 5. The highest BCUT2D eigenvalue weighted by Gasteiger charge is 2.63. The van der Waals surface area contributed by atoms with Gasteiger partial charge in [-0.2, -0.15) is 0 Å². The van der Waals surface area contributed by atoms with Crippen LogP contribution in [-0.4, -0.2) is 18.9 Å². The van der Waals surface area contributed by atoms with Gasteiger partial charge in [0, 0.05) is 6.42 Å². The first-order valence-electron chi connectivity index (χ1n) is 8.47. The van der Waals surface area contributed by atoms with E-state index >= 15 is 0 Å². The van der Waals surface area contributed by atoms with Crippen LogP contribution in [0.2, 0.25) is 0 Å². The summed E-state index contributed by atoms with van der Waals surface area (Å²) in [5.41, 5.74) is 0.782. The number of carbonyl (C=O) groups is 1. The summed E-state index contributed by atoms with van der Waals surface area (Å²) in [6.45, 7) is 3.57. The van der Waals surface area contributed by atoms with Crippen LogP contribution < -0.4 is 0 Å². The van der Waals surface area contributed by atoms with Gasteiger partial charge in [-0.15, -0.1) is 0 Å². The lowest BCUT2D eigenvalue weighted by Crippen LogP contribution is -2.31. The number of allylic oxidation sites excluding steroid dienone is 1. The van der Waals surface area contributed by atoms with Crippen molar-refractivity contribution < 1.29 is 13.2 Å². The molecule has 1 fully saturated rings. The second-order valence-electron chi connectivity index (χ2n) is 6.31. The normalized spacial score (nSPS) is 22.3. The maximum Gasteiger partial charge on any atom is 0.195 e. The van der Waals surface area contributed by atoms with Crippen molar-refractivity contribution in [1.29, 1.82) is 0 Å². The lowest BCUT2D eigenvalue weighted by Gasteiger charge is -2.13. The van der Waals surface area contributed by atoms with E-state index in [2.05, 4.69) is 6.92 Å². The third-order valence-electron chi connectivity index (χ3n) is 4.61. The van der Waals surface area contributed by atoms with Crippen LogP contribution in [-0.2, 0) is 14.6 Å². The van der Waals surface area contributed by atoms with E-state index in [4.69, 9.17) is 0 Å². The van der Waals surface area contributed by atoms with Crippen molar-refractivity contribution in [2.45, 2.75) is 68.4 Å². The highest BCUT2D eigenvalue weighted by molar-refractivity contribution is 7.94. The zero-order valence-corrected chi connectivity index (χ0v) is 14.9. The van der Waals surface area contributed by atoms with Crippen LogP contribution in [0.15, 0.2) is 46.9 Å². The zero-order chi connectivity index (χ0) is 16.9. The summed E-state index contributed by atoms with van der Waals surface area (Å²) in [5, 5.41) is 0. The molecule has 1 unspecified atom stereocenters. The van der Waals surface area contributed by atoms with E-state index in [1.807, 2.05) is 6.08 Å². The lowest BCUT2D eigenvalue weighted by atomic mass is 10.1. The smallest absolute Gasteiger partial charge is 0.195 e. The third-order valence-corrected chi connectivity index (χ3v) is 7.12. The van der Waals surface area contributed by atoms with E-state index in [1.165, 1.54) is 26.2 Å². The Morgan fingerprint density at radius 2 is 1.78 bits per heavy atom. The molecule has 0 aliphatic heterocycles. The van der Waals surface area contributed by atoms with Crippen molar-refractivity contribution in [3.8, 4) is 0 Å². The minimum Gasteiger partial charge on any atom is -0.298 e. The highest BCUT2D eigenvalue weighted by atomic mass is 32.2. The number of rotatable bonds is 9. The van der Waals surface area contributed by atoms with Crippen LogP contribution in [0.3, 0.4) is 0 Å². The SMILES string of the molecule is CCCCCCC/C=C1\CC1(C(C)=O)S(=O)(=O)c1ccccc1. The number of hydrogen-bond donors (Lipinski definition) is 0. The van der Waals surface area contributed by atoms with Gasteiger partial charge in [0.2, 0.25) is 0 Å². The molecule has 1 aliphatic rings. The molecule has 0 bridgehead atoms. The monoisotopic (exact) mass is 334 g/mol. The summed E-state index contributed by atoms with van der Waals surface area (Å²) in [5.74, 6) is -0.265. The standard InChI is InChI=1S/C19H26O3S/c1-3-4-5-6-7-9-12-17-15-19(17,16(2)20)23(21,22)18-13-10-8-11-14-18/h8,10-14H,3-7,9,15H2,1-2H3/b17-12+. The Labute approximate surface area is 139 Å². The molecule has 1 aliphatic carbocycles. The van der Waals surface area contributed by atoms with Crippen LogP contribution in [0.5, 0.6) is 0 Å². The molecular formula is C19H26O3S. The van der Waals surface area contributed by atoms with E-state index in [-0.39, 0.29) is 10.7 Å². The van der Waals surface area contributed by atoms with Crippen LogP contribution in [0.25, 0.3) is 0 Å². The summed E-state index contributed by atoms with van der Waals surface area (Å²) >= 11 is 0. The van der Waals surface area contributed by atoms with Gasteiger partial charge in [-0.1, -0.05) is 56.9 Å². The molecule has 1 aromatic carbocycles. The first-order valence-corrected chi connectivity index (χ1v) is 9.95. The summed E-state index contributed by atoms with van der Waals surface area (Å²) in [4.78, 5) is 12.3. The van der Waals surface area contributed by atoms with Gasteiger partial charge in [-0.05, 0) is 37.5 Å². The van der Waals surface area contributed by atoms with Gasteiger partial charge in [0.1, 0.15) is 0 Å². The molecule has 3 nitrogen and oxygen atoms in total. The molecule has 23 heavy (non-hydrogen) atoms. The van der Waals surface area contributed by atoms with E-state index in [1.54, 1.807) is 30.3 Å². The minimum atomic E-state index is -3.64. The Morgan fingerprint density at radius 1 is 1.13 bits per heavy atom. The van der Waals surface area contributed by atoms with E-state index < -0.39 is 14.6 Å². The lowest BCUT2D eigenvalue weighted by molar-refractivity contribution is -0.117. The van der Waals surface area contributed by atoms with E-state index in [0.29, 0.717) is 6.42 Å². The predicted molar refractivity (Wildman–Crippen MR) is 93.1 cm³/mol. The molecule has 2 rings (SSSR count). The maximum atomic E-state index is 12.9. The first kappa shape index (κ1) is 17.9. The molecule has 1 saturated carbocycles. The van der Waals surface area contributed by atoms with Crippen molar-refractivity contribution in [2.75, 3.05) is 0 Å².